The molecule has 0 amide bonds. The van der Waals surface area contributed by atoms with E-state index in [1.54, 1.807) is 0 Å². The Labute approximate surface area is 323 Å². The van der Waals surface area contributed by atoms with Crippen LogP contribution in [0.15, 0.2) is 188 Å². The molecule has 0 radical (unpaired) electrons. The zero-order chi connectivity index (χ0) is 36.3. The molecule has 0 saturated carbocycles. The van der Waals surface area contributed by atoms with Gasteiger partial charge in [-0.1, -0.05) is 133 Å². The Bertz CT molecular complexity index is 3080. The summed E-state index contributed by atoms with van der Waals surface area (Å²) in [6.45, 7) is 0.876. The minimum atomic E-state index is 0.876. The van der Waals surface area contributed by atoms with Crippen LogP contribution < -0.4 is 10.2 Å². The van der Waals surface area contributed by atoms with E-state index in [0.717, 1.165) is 29.3 Å². The van der Waals surface area contributed by atoms with Gasteiger partial charge in [-0.3, -0.25) is 0 Å². The average molecular weight is 722 g/mol. The summed E-state index contributed by atoms with van der Waals surface area (Å²) >= 11 is 1.85. The molecule has 0 spiro atoms. The molecule has 1 N–H and O–H groups in total. The van der Waals surface area contributed by atoms with Crippen LogP contribution >= 0.6 is 11.3 Å². The van der Waals surface area contributed by atoms with Crippen LogP contribution in [0.2, 0.25) is 0 Å². The highest BCUT2D eigenvalue weighted by atomic mass is 32.1. The Kier molecular flexibility index (Phi) is 7.42. The lowest BCUT2D eigenvalue weighted by Gasteiger charge is -2.26. The van der Waals surface area contributed by atoms with Crippen molar-refractivity contribution < 1.29 is 0 Å². The zero-order valence-electron chi connectivity index (χ0n) is 30.0. The van der Waals surface area contributed by atoms with E-state index in [2.05, 4.69) is 209 Å². The van der Waals surface area contributed by atoms with Crippen molar-refractivity contribution in [3.8, 4) is 27.9 Å². The van der Waals surface area contributed by atoms with E-state index < -0.39 is 0 Å². The van der Waals surface area contributed by atoms with Gasteiger partial charge < -0.3 is 14.8 Å². The smallest absolute Gasteiger partial charge is 0.0971 e. The second-order valence-corrected chi connectivity index (χ2v) is 15.2. The predicted octanol–water partition coefficient (Wildman–Crippen LogP) is 14.4. The summed E-state index contributed by atoms with van der Waals surface area (Å²) in [5.41, 5.74) is 13.0. The number of rotatable bonds is 6. The monoisotopic (exact) mass is 721 g/mol. The van der Waals surface area contributed by atoms with E-state index in [0.29, 0.717) is 0 Å². The second kappa shape index (κ2) is 12.9. The first-order valence-corrected chi connectivity index (χ1v) is 19.6. The van der Waals surface area contributed by atoms with Gasteiger partial charge in [-0.2, -0.15) is 0 Å². The van der Waals surface area contributed by atoms with Crippen LogP contribution in [0.4, 0.5) is 22.1 Å². The van der Waals surface area contributed by atoms with Crippen LogP contribution in [0.5, 0.6) is 0 Å². The molecular formula is C51H35N3S. The predicted molar refractivity (Wildman–Crippen MR) is 237 cm³/mol. The van der Waals surface area contributed by atoms with Crippen molar-refractivity contribution in [3.63, 3.8) is 0 Å². The highest BCUT2D eigenvalue weighted by molar-refractivity contribution is 7.23. The van der Waals surface area contributed by atoms with Gasteiger partial charge in [0.25, 0.3) is 0 Å². The molecule has 10 aromatic rings. The maximum atomic E-state index is 3.57. The minimum Gasteiger partial charge on any atom is -0.373 e. The van der Waals surface area contributed by atoms with E-state index >= 15 is 0 Å². The van der Waals surface area contributed by atoms with Crippen LogP contribution in [-0.4, -0.2) is 11.1 Å². The summed E-state index contributed by atoms with van der Waals surface area (Å²) in [5.74, 6) is 0. The van der Waals surface area contributed by atoms with E-state index in [1.807, 2.05) is 11.3 Å². The number of nitrogens with zero attached hydrogens (tertiary/aromatic N) is 2. The Morgan fingerprint density at radius 3 is 2.00 bits per heavy atom. The van der Waals surface area contributed by atoms with Crippen molar-refractivity contribution in [1.82, 2.24) is 4.57 Å². The van der Waals surface area contributed by atoms with E-state index in [1.165, 1.54) is 75.5 Å². The third-order valence-electron chi connectivity index (χ3n) is 11.0. The van der Waals surface area contributed by atoms with Crippen molar-refractivity contribution in [2.75, 3.05) is 16.8 Å². The van der Waals surface area contributed by atoms with Crippen LogP contribution in [0.3, 0.4) is 0 Å². The molecule has 3 heterocycles. The maximum Gasteiger partial charge on any atom is 0.0971 e. The zero-order valence-corrected chi connectivity index (χ0v) is 30.8. The molecule has 55 heavy (non-hydrogen) atoms. The van der Waals surface area contributed by atoms with E-state index in [-0.39, 0.29) is 0 Å². The van der Waals surface area contributed by atoms with Crippen molar-refractivity contribution in [2.45, 2.75) is 0 Å². The Hall–Kier alpha value is -6.88. The summed E-state index contributed by atoms with van der Waals surface area (Å²) in [5, 5.41) is 11.1. The summed E-state index contributed by atoms with van der Waals surface area (Å²) < 4.78 is 3.71. The van der Waals surface area contributed by atoms with Crippen molar-refractivity contribution in [2.24, 2.45) is 0 Å². The fourth-order valence-corrected chi connectivity index (χ4v) is 9.58. The molecule has 0 atom stereocenters. The first-order valence-electron chi connectivity index (χ1n) is 18.8. The number of hydrogen-bond acceptors (Lipinski definition) is 3. The molecule has 0 saturated heterocycles. The number of thiophene rings is 1. The van der Waals surface area contributed by atoms with Crippen molar-refractivity contribution in [3.05, 3.63) is 194 Å². The number of nitrogens with one attached hydrogen (secondary N) is 1. The lowest BCUT2D eigenvalue weighted by molar-refractivity contribution is 1.18. The number of fused-ring (bicyclic) bond motifs is 7. The average Bonchev–Trinajstić information content (AvgIpc) is 3.80. The lowest BCUT2D eigenvalue weighted by atomic mass is 10.00. The molecular weight excluding hydrogens is 687 g/mol. The first kappa shape index (κ1) is 31.6. The number of hydrogen-bond donors (Lipinski definition) is 1. The Morgan fingerprint density at radius 1 is 0.491 bits per heavy atom. The molecule has 0 unspecified atom stereocenters. The van der Waals surface area contributed by atoms with Gasteiger partial charge in [0.15, 0.2) is 0 Å². The Morgan fingerprint density at radius 2 is 1.16 bits per heavy atom. The lowest BCUT2D eigenvalue weighted by Crippen LogP contribution is -2.10. The number of para-hydroxylation sites is 2. The molecule has 11 rings (SSSR count). The number of benzene rings is 8. The van der Waals surface area contributed by atoms with Gasteiger partial charge in [0.2, 0.25) is 0 Å². The highest BCUT2D eigenvalue weighted by Crippen LogP contribution is 2.45. The van der Waals surface area contributed by atoms with Gasteiger partial charge in [0.1, 0.15) is 0 Å². The largest absolute Gasteiger partial charge is 0.373 e. The summed E-state index contributed by atoms with van der Waals surface area (Å²) in [7, 11) is 0. The first-order chi connectivity index (χ1) is 27.3. The highest BCUT2D eigenvalue weighted by Gasteiger charge is 2.19. The standard InChI is InChI=1S/C51H35N3S/c1-2-12-39(13-3-1)54-48-18-7-6-14-44(48)45-30-29-42(33-49(45)54)53(40-25-21-35(22-26-40)38-20-19-34-10-4-5-11-37(34)32-38)41-27-23-36(24-28-41)43-15-8-16-46-47-17-9-31-52-51(47)55-50(43)46/h1-30,32-33,52H,31H2. The molecule has 1 aliphatic rings. The van der Waals surface area contributed by atoms with Crippen LogP contribution in [0, 0.1) is 0 Å². The van der Waals surface area contributed by atoms with Gasteiger partial charge in [0, 0.05) is 55.7 Å². The maximum absolute atomic E-state index is 3.57. The molecule has 0 aliphatic carbocycles. The summed E-state index contributed by atoms with van der Waals surface area (Å²) in [4.78, 5) is 2.39. The normalized spacial score (nSPS) is 12.4. The van der Waals surface area contributed by atoms with Gasteiger partial charge >= 0.3 is 0 Å². The quantitative estimate of drug-likeness (QED) is 0.184. The van der Waals surface area contributed by atoms with Gasteiger partial charge in [-0.05, 0) is 93.7 Å². The topological polar surface area (TPSA) is 20.2 Å². The van der Waals surface area contributed by atoms with Crippen LogP contribution in [0.1, 0.15) is 5.56 Å². The number of aromatic nitrogens is 1. The second-order valence-electron chi connectivity index (χ2n) is 14.2. The molecule has 8 aromatic carbocycles. The SMILES string of the molecule is C1=Cc2c(sc3c(-c4ccc(N(c5ccc(-c6ccc7ccccc7c6)cc5)c5ccc6c7ccccc7n(-c7ccccc7)c6c5)cc4)cccc23)NC1. The molecule has 2 aromatic heterocycles. The molecule has 260 valence electrons. The summed E-state index contributed by atoms with van der Waals surface area (Å²) in [6.07, 6.45) is 4.46. The van der Waals surface area contributed by atoms with Crippen molar-refractivity contribution >= 4 is 82.1 Å². The van der Waals surface area contributed by atoms with Gasteiger partial charge in [-0.15, -0.1) is 11.3 Å². The van der Waals surface area contributed by atoms with Crippen LogP contribution in [-0.2, 0) is 0 Å². The van der Waals surface area contributed by atoms with Gasteiger partial charge in [0.05, 0.1) is 16.0 Å². The number of anilines is 4. The third kappa shape index (κ3) is 5.33. The molecule has 1 aliphatic heterocycles. The third-order valence-corrected chi connectivity index (χ3v) is 12.2. The molecule has 0 bridgehead atoms. The molecule has 3 nitrogen and oxygen atoms in total. The molecule has 0 fully saturated rings. The van der Waals surface area contributed by atoms with Gasteiger partial charge in [-0.25, -0.2) is 0 Å². The van der Waals surface area contributed by atoms with E-state index in [4.69, 9.17) is 0 Å². The summed E-state index contributed by atoms with van der Waals surface area (Å²) in [6, 6.07) is 66.4. The van der Waals surface area contributed by atoms with Crippen LogP contribution in [0.25, 0.3) is 76.7 Å². The fraction of sp³-hybridized carbons (Fsp3) is 0.0196. The van der Waals surface area contributed by atoms with E-state index in [9.17, 15) is 0 Å². The fourth-order valence-electron chi connectivity index (χ4n) is 8.35. The molecule has 4 heteroatoms. The minimum absolute atomic E-state index is 0.876. The Balaban J connectivity index is 1.06. The van der Waals surface area contributed by atoms with Crippen molar-refractivity contribution in [1.29, 1.82) is 0 Å².